The molecule has 0 saturated carbocycles. The van der Waals surface area contributed by atoms with E-state index in [1.807, 2.05) is 13.8 Å². The van der Waals surface area contributed by atoms with Crippen molar-refractivity contribution < 1.29 is 78.0 Å². The Labute approximate surface area is 467 Å². The number of rotatable bonds is 41. The van der Waals surface area contributed by atoms with E-state index in [1.54, 1.807) is 41.5 Å². The molecule has 11 amide bonds. The Bertz CT molecular complexity index is 2030. The summed E-state index contributed by atoms with van der Waals surface area (Å²) in [6.45, 7) is 9.36. The number of unbranched alkanes of at least 4 members (excludes halogenated alkanes) is 2. The average molecular weight is 1150 g/mol. The Morgan fingerprint density at radius 2 is 0.738 bits per heavy atom. The molecule has 0 saturated heterocycles. The summed E-state index contributed by atoms with van der Waals surface area (Å²) < 4.78 is 0. The van der Waals surface area contributed by atoms with Gasteiger partial charge in [0, 0.05) is 0 Å². The van der Waals surface area contributed by atoms with E-state index in [0.717, 1.165) is 0 Å². The number of carbonyl (C=O) groups excluding carboxylic acids is 11. The van der Waals surface area contributed by atoms with Crippen LogP contribution in [0.15, 0.2) is 0 Å². The van der Waals surface area contributed by atoms with Crippen LogP contribution < -0.4 is 75.7 Å². The summed E-state index contributed by atoms with van der Waals surface area (Å²) in [5.74, 6) is -12.4. The molecule has 0 heterocycles. The van der Waals surface area contributed by atoms with Gasteiger partial charge in [-0.2, -0.15) is 0 Å². The summed E-state index contributed by atoms with van der Waals surface area (Å²) in [5.41, 5.74) is 16.7. The van der Waals surface area contributed by atoms with Crippen LogP contribution in [0, 0.1) is 23.7 Å². The molecule has 0 aromatic heterocycles. The van der Waals surface area contributed by atoms with Crippen molar-refractivity contribution in [3.63, 3.8) is 0 Å². The molecule has 21 N–H and O–H groups in total. The highest BCUT2D eigenvalue weighted by atomic mass is 16.4. The van der Waals surface area contributed by atoms with Gasteiger partial charge in [0.05, 0.1) is 39.5 Å². The highest BCUT2D eigenvalue weighted by molar-refractivity contribution is 5.98. The molecule has 0 bridgehead atoms. The van der Waals surface area contributed by atoms with Gasteiger partial charge in [-0.15, -0.1) is 0 Å². The fourth-order valence-electron chi connectivity index (χ4n) is 7.64. The van der Waals surface area contributed by atoms with Crippen molar-refractivity contribution in [2.45, 2.75) is 168 Å². The van der Waals surface area contributed by atoms with Crippen LogP contribution in [0.1, 0.15) is 113 Å². The van der Waals surface area contributed by atoms with Crippen molar-refractivity contribution in [3.05, 3.63) is 0 Å². The maximum absolute atomic E-state index is 13.8. The Morgan fingerprint density at radius 1 is 0.400 bits per heavy atom. The van der Waals surface area contributed by atoms with Gasteiger partial charge in [-0.25, -0.2) is 4.79 Å². The van der Waals surface area contributed by atoms with Crippen LogP contribution in [0.2, 0.25) is 0 Å². The van der Waals surface area contributed by atoms with E-state index in [0.29, 0.717) is 25.7 Å². The topological polar surface area (TPSA) is 496 Å². The van der Waals surface area contributed by atoms with E-state index in [9.17, 15) is 78.0 Å². The lowest BCUT2D eigenvalue weighted by atomic mass is 9.99. The van der Waals surface area contributed by atoms with Crippen molar-refractivity contribution in [1.82, 2.24) is 58.5 Å². The van der Waals surface area contributed by atoms with Crippen LogP contribution in [-0.4, -0.2) is 198 Å². The zero-order chi connectivity index (χ0) is 61.2. The fourth-order valence-corrected chi connectivity index (χ4v) is 7.64. The number of amides is 11. The number of hydrogen-bond acceptors (Lipinski definition) is 18. The minimum atomic E-state index is -1.70. The second kappa shape index (κ2) is 39.7. The number of hydrogen-bond donors (Lipinski definition) is 18. The van der Waals surface area contributed by atoms with Gasteiger partial charge in [-0.3, -0.25) is 52.7 Å². The van der Waals surface area contributed by atoms with Crippen molar-refractivity contribution >= 4 is 70.9 Å². The number of aliphatic carboxylic acids is 1. The standard InChI is InChI=1S/C50H92N14O16/c1-9-29(8)41(50(79)80)64-47(76)35(24-66)58-39(70)22-54-42(71)30(14-10-12-16-51)59-49(78)40(28(6)7)63-48(77)36(25-67)62-44(73)31(15-11-13-17-52)56-38(69)21-55-43(72)34(23-65)61-46(75)33(19-27(4)5)60-45(74)32(18-26(2)3)57-37(68)20-53/h26-36,40-41,65-67H,9-25,51-53H2,1-8H3,(H,54,71)(H,55,72)(H,56,69)(H,57,68)(H,58,70)(H,59,78)(H,60,74)(H,61,75)(H,62,73)(H,63,77)(H,64,76)(H,79,80)/t29-,30-,31-,32-,33-,34-,35-,36-,40-,41-/m0/s1. The van der Waals surface area contributed by atoms with Crippen LogP contribution >= 0.6 is 0 Å². The van der Waals surface area contributed by atoms with Crippen molar-refractivity contribution in [3.8, 4) is 0 Å². The molecule has 0 aliphatic heterocycles. The quantitative estimate of drug-likeness (QED) is 0.0253. The Hall–Kier alpha value is -6.60. The first kappa shape index (κ1) is 73.4. The lowest BCUT2D eigenvalue weighted by molar-refractivity contribution is -0.144. The van der Waals surface area contributed by atoms with E-state index >= 15 is 0 Å². The Balaban J connectivity index is 6.02. The van der Waals surface area contributed by atoms with E-state index in [-0.39, 0.29) is 63.6 Å². The molecule has 10 atom stereocenters. The minimum absolute atomic E-state index is 0.0109. The summed E-state index contributed by atoms with van der Waals surface area (Å²) in [6, 6.07) is -12.5. The largest absolute Gasteiger partial charge is 0.480 e. The Kier molecular flexibility index (Phi) is 36.4. The van der Waals surface area contributed by atoms with Crippen molar-refractivity contribution in [1.29, 1.82) is 0 Å². The highest BCUT2D eigenvalue weighted by Gasteiger charge is 2.35. The molecule has 0 rings (SSSR count). The molecule has 80 heavy (non-hydrogen) atoms. The monoisotopic (exact) mass is 1140 g/mol. The summed E-state index contributed by atoms with van der Waals surface area (Å²) >= 11 is 0. The van der Waals surface area contributed by atoms with Crippen LogP contribution in [0.25, 0.3) is 0 Å². The SMILES string of the molecule is CC[C@H](C)[C@H](NC(=O)[C@H](CO)NC(=O)CNC(=O)[C@H](CCCCN)NC(=O)[C@@H](NC(=O)[C@H](CO)NC(=O)[C@H](CCCCN)NC(=O)CNC(=O)[C@H](CO)NC(=O)[C@H](CC(C)C)NC(=O)[C@H](CC(C)C)NC(=O)CN)C(C)C)C(=O)O. The highest BCUT2D eigenvalue weighted by Crippen LogP contribution is 2.12. The number of carbonyl (C=O) groups is 12. The summed E-state index contributed by atoms with van der Waals surface area (Å²) in [5, 5.41) is 66.1. The normalized spacial score (nSPS) is 15.0. The molecule has 0 aromatic carbocycles. The van der Waals surface area contributed by atoms with E-state index in [4.69, 9.17) is 17.2 Å². The molecule has 30 heteroatoms. The van der Waals surface area contributed by atoms with E-state index in [2.05, 4.69) is 58.5 Å². The average Bonchev–Trinajstić information content (AvgIpc) is 3.40. The number of carboxylic acids is 1. The third kappa shape index (κ3) is 28.5. The number of nitrogens with two attached hydrogens (primary N) is 3. The van der Waals surface area contributed by atoms with Crippen molar-refractivity contribution in [2.75, 3.05) is 52.5 Å². The molecule has 0 aliphatic carbocycles. The van der Waals surface area contributed by atoms with Crippen LogP contribution in [-0.2, 0) is 57.5 Å². The van der Waals surface area contributed by atoms with Gasteiger partial charge in [0.2, 0.25) is 65.0 Å². The van der Waals surface area contributed by atoms with Crippen LogP contribution in [0.4, 0.5) is 0 Å². The molecule has 0 aliphatic rings. The summed E-state index contributed by atoms with van der Waals surface area (Å²) in [7, 11) is 0. The maximum atomic E-state index is 13.8. The molecular formula is C50H92N14O16. The second-order valence-corrected chi connectivity index (χ2v) is 20.6. The second-order valence-electron chi connectivity index (χ2n) is 20.6. The lowest BCUT2D eigenvalue weighted by Gasteiger charge is -2.27. The zero-order valence-electron chi connectivity index (χ0n) is 47.4. The number of nitrogens with one attached hydrogen (secondary N) is 11. The van der Waals surface area contributed by atoms with Gasteiger partial charge in [0.15, 0.2) is 0 Å². The van der Waals surface area contributed by atoms with Gasteiger partial charge in [-0.1, -0.05) is 61.8 Å². The molecular weight excluding hydrogens is 1050 g/mol. The number of carboxylic acid groups (broad SMARTS) is 1. The molecule has 0 radical (unpaired) electrons. The lowest BCUT2D eigenvalue weighted by Crippen LogP contribution is -2.60. The van der Waals surface area contributed by atoms with E-state index < -0.39 is 170 Å². The zero-order valence-corrected chi connectivity index (χ0v) is 47.4. The molecule has 458 valence electrons. The first-order valence-corrected chi connectivity index (χ1v) is 27.1. The summed E-state index contributed by atoms with van der Waals surface area (Å²) in [4.78, 5) is 157. The predicted molar refractivity (Wildman–Crippen MR) is 290 cm³/mol. The number of aliphatic hydroxyl groups is 3. The molecule has 0 fully saturated rings. The van der Waals surface area contributed by atoms with E-state index in [1.165, 1.54) is 0 Å². The van der Waals surface area contributed by atoms with Crippen LogP contribution in [0.5, 0.6) is 0 Å². The third-order valence-electron chi connectivity index (χ3n) is 12.4. The van der Waals surface area contributed by atoms with Crippen molar-refractivity contribution in [2.24, 2.45) is 40.9 Å². The maximum Gasteiger partial charge on any atom is 0.326 e. The van der Waals surface area contributed by atoms with Crippen LogP contribution in [0.3, 0.4) is 0 Å². The first-order valence-electron chi connectivity index (χ1n) is 27.1. The van der Waals surface area contributed by atoms with Gasteiger partial charge < -0.3 is 96.1 Å². The smallest absolute Gasteiger partial charge is 0.326 e. The fraction of sp³-hybridized carbons (Fsp3) is 0.760. The molecule has 30 nitrogen and oxygen atoms in total. The molecule has 0 spiro atoms. The third-order valence-corrected chi connectivity index (χ3v) is 12.4. The predicted octanol–water partition coefficient (Wildman–Crippen LogP) is -6.35. The molecule has 0 unspecified atom stereocenters. The Morgan fingerprint density at radius 3 is 1.14 bits per heavy atom. The first-order chi connectivity index (χ1) is 37.6. The van der Waals surface area contributed by atoms with Gasteiger partial charge in [0.25, 0.3) is 0 Å². The van der Waals surface area contributed by atoms with Gasteiger partial charge >= 0.3 is 5.97 Å². The van der Waals surface area contributed by atoms with Gasteiger partial charge in [0.1, 0.15) is 54.4 Å². The molecule has 0 aromatic rings. The number of aliphatic hydroxyl groups excluding tert-OH is 3. The van der Waals surface area contributed by atoms with Gasteiger partial charge in [-0.05, 0) is 88.1 Å². The summed E-state index contributed by atoms with van der Waals surface area (Å²) in [6.07, 6.45) is 2.14. The minimum Gasteiger partial charge on any atom is -0.480 e.